The van der Waals surface area contributed by atoms with Crippen LogP contribution in [0.5, 0.6) is 11.5 Å². The molecule has 1 aromatic heterocycles. The van der Waals surface area contributed by atoms with Gasteiger partial charge in [-0.15, -0.1) is 5.10 Å². The SMILES string of the molecule is O=C(O)c1nnn(Cc2ccc3c(c2)OCO3)c1C1CC1. The average Bonchev–Trinajstić information content (AvgIpc) is 3.04. The Kier molecular flexibility index (Phi) is 2.60. The Balaban J connectivity index is 1.66. The lowest BCUT2D eigenvalue weighted by molar-refractivity contribution is 0.0689. The molecule has 2 aromatic rings. The molecule has 1 N–H and O–H groups in total. The number of hydrogen-bond donors (Lipinski definition) is 1. The molecule has 1 fully saturated rings. The van der Waals surface area contributed by atoms with E-state index in [0.29, 0.717) is 12.3 Å². The lowest BCUT2D eigenvalue weighted by Crippen LogP contribution is -2.08. The number of carboxylic acid groups (broad SMARTS) is 1. The molecule has 0 atom stereocenters. The van der Waals surface area contributed by atoms with E-state index in [1.54, 1.807) is 4.68 Å². The molecule has 0 spiro atoms. The number of aromatic carboxylic acids is 1. The number of rotatable bonds is 4. The molecule has 7 heteroatoms. The molecular weight excluding hydrogens is 274 g/mol. The molecule has 1 aromatic carbocycles. The highest BCUT2D eigenvalue weighted by molar-refractivity contribution is 5.86. The fourth-order valence-corrected chi connectivity index (χ4v) is 2.56. The minimum absolute atomic E-state index is 0.0678. The number of benzene rings is 1. The molecule has 1 saturated carbocycles. The van der Waals surface area contributed by atoms with E-state index < -0.39 is 5.97 Å². The third kappa shape index (κ3) is 2.10. The van der Waals surface area contributed by atoms with Crippen LogP contribution in [0, 0.1) is 0 Å². The Morgan fingerprint density at radius 2 is 2.14 bits per heavy atom. The van der Waals surface area contributed by atoms with Gasteiger partial charge in [-0.25, -0.2) is 9.48 Å². The summed E-state index contributed by atoms with van der Waals surface area (Å²) < 4.78 is 12.3. The van der Waals surface area contributed by atoms with Crippen LogP contribution in [0.2, 0.25) is 0 Å². The highest BCUT2D eigenvalue weighted by Gasteiger charge is 2.33. The highest BCUT2D eigenvalue weighted by atomic mass is 16.7. The molecule has 1 aliphatic heterocycles. The number of carboxylic acids is 1. The quantitative estimate of drug-likeness (QED) is 0.919. The third-order valence-corrected chi connectivity index (χ3v) is 3.71. The van der Waals surface area contributed by atoms with Crippen molar-refractivity contribution in [1.29, 1.82) is 0 Å². The Morgan fingerprint density at radius 3 is 2.90 bits per heavy atom. The summed E-state index contributed by atoms with van der Waals surface area (Å²) in [5.74, 6) is 0.680. The first-order chi connectivity index (χ1) is 10.2. The summed E-state index contributed by atoms with van der Waals surface area (Å²) in [5, 5.41) is 17.0. The molecule has 21 heavy (non-hydrogen) atoms. The smallest absolute Gasteiger partial charge is 0.358 e. The van der Waals surface area contributed by atoms with E-state index in [1.165, 1.54) is 0 Å². The Morgan fingerprint density at radius 1 is 1.33 bits per heavy atom. The molecule has 0 bridgehead atoms. The van der Waals surface area contributed by atoms with Gasteiger partial charge in [0.25, 0.3) is 0 Å². The number of carbonyl (C=O) groups is 1. The van der Waals surface area contributed by atoms with Crippen LogP contribution in [0.4, 0.5) is 0 Å². The van der Waals surface area contributed by atoms with Crippen LogP contribution >= 0.6 is 0 Å². The van der Waals surface area contributed by atoms with Crippen molar-refractivity contribution in [2.45, 2.75) is 25.3 Å². The van der Waals surface area contributed by atoms with Crippen LogP contribution < -0.4 is 9.47 Å². The number of hydrogen-bond acceptors (Lipinski definition) is 5. The first kappa shape index (κ1) is 12.2. The van der Waals surface area contributed by atoms with Gasteiger partial charge in [0.05, 0.1) is 12.2 Å². The van der Waals surface area contributed by atoms with Crippen LogP contribution in [-0.2, 0) is 6.54 Å². The van der Waals surface area contributed by atoms with Crippen molar-refractivity contribution in [2.24, 2.45) is 0 Å². The molecule has 2 aliphatic rings. The number of ether oxygens (including phenoxy) is 2. The maximum absolute atomic E-state index is 11.2. The molecular formula is C14H13N3O4. The van der Waals surface area contributed by atoms with Crippen LogP contribution in [-0.4, -0.2) is 32.9 Å². The van der Waals surface area contributed by atoms with Gasteiger partial charge >= 0.3 is 5.97 Å². The van der Waals surface area contributed by atoms with Gasteiger partial charge in [-0.1, -0.05) is 11.3 Å². The molecule has 108 valence electrons. The second-order valence-electron chi connectivity index (χ2n) is 5.25. The Bertz CT molecular complexity index is 721. The summed E-state index contributed by atoms with van der Waals surface area (Å²) in [5.41, 5.74) is 1.77. The van der Waals surface area contributed by atoms with Crippen LogP contribution in [0.25, 0.3) is 0 Å². The van der Waals surface area contributed by atoms with E-state index in [9.17, 15) is 9.90 Å². The van der Waals surface area contributed by atoms with Gasteiger partial charge in [-0.05, 0) is 30.5 Å². The van der Waals surface area contributed by atoms with Gasteiger partial charge in [0.15, 0.2) is 17.2 Å². The largest absolute Gasteiger partial charge is 0.476 e. The number of nitrogens with zero attached hydrogens (tertiary/aromatic N) is 3. The average molecular weight is 287 g/mol. The fourth-order valence-electron chi connectivity index (χ4n) is 2.56. The lowest BCUT2D eigenvalue weighted by atomic mass is 10.2. The Labute approximate surface area is 120 Å². The molecule has 7 nitrogen and oxygen atoms in total. The predicted molar refractivity (Wildman–Crippen MR) is 70.6 cm³/mol. The minimum Gasteiger partial charge on any atom is -0.476 e. The topological polar surface area (TPSA) is 86.5 Å². The maximum atomic E-state index is 11.2. The van der Waals surface area contributed by atoms with E-state index in [4.69, 9.17) is 9.47 Å². The van der Waals surface area contributed by atoms with Gasteiger partial charge in [-0.3, -0.25) is 0 Å². The van der Waals surface area contributed by atoms with Crippen LogP contribution in [0.15, 0.2) is 18.2 Å². The number of aromatic nitrogens is 3. The third-order valence-electron chi connectivity index (χ3n) is 3.71. The van der Waals surface area contributed by atoms with Crippen molar-refractivity contribution in [3.05, 3.63) is 35.2 Å². The fraction of sp³-hybridized carbons (Fsp3) is 0.357. The summed E-state index contributed by atoms with van der Waals surface area (Å²) in [7, 11) is 0. The molecule has 0 radical (unpaired) electrons. The first-order valence-electron chi connectivity index (χ1n) is 6.77. The van der Waals surface area contributed by atoms with E-state index in [2.05, 4.69) is 10.3 Å². The first-order valence-corrected chi connectivity index (χ1v) is 6.77. The predicted octanol–water partition coefficient (Wildman–Crippen LogP) is 1.63. The molecule has 1 aliphatic carbocycles. The van der Waals surface area contributed by atoms with Gasteiger partial charge in [0.2, 0.25) is 6.79 Å². The summed E-state index contributed by atoms with van der Waals surface area (Å²) in [6.07, 6.45) is 1.99. The monoisotopic (exact) mass is 287 g/mol. The van der Waals surface area contributed by atoms with Gasteiger partial charge in [0.1, 0.15) is 0 Å². The van der Waals surface area contributed by atoms with E-state index in [1.807, 2.05) is 18.2 Å². The van der Waals surface area contributed by atoms with E-state index in [0.717, 1.165) is 29.8 Å². The maximum Gasteiger partial charge on any atom is 0.358 e. The summed E-state index contributed by atoms with van der Waals surface area (Å²) >= 11 is 0. The second kappa shape index (κ2) is 4.47. The zero-order chi connectivity index (χ0) is 14.4. The minimum atomic E-state index is -1.02. The van der Waals surface area contributed by atoms with Crippen molar-refractivity contribution in [3.8, 4) is 11.5 Å². The van der Waals surface area contributed by atoms with Crippen LogP contribution in [0.3, 0.4) is 0 Å². The normalized spacial score (nSPS) is 16.2. The highest BCUT2D eigenvalue weighted by Crippen LogP contribution is 2.41. The van der Waals surface area contributed by atoms with Crippen molar-refractivity contribution < 1.29 is 19.4 Å². The zero-order valence-corrected chi connectivity index (χ0v) is 11.2. The van der Waals surface area contributed by atoms with E-state index >= 15 is 0 Å². The van der Waals surface area contributed by atoms with Crippen molar-refractivity contribution in [1.82, 2.24) is 15.0 Å². The summed E-state index contributed by atoms with van der Waals surface area (Å²) in [6, 6.07) is 5.66. The second-order valence-corrected chi connectivity index (χ2v) is 5.25. The lowest BCUT2D eigenvalue weighted by Gasteiger charge is -2.07. The summed E-state index contributed by atoms with van der Waals surface area (Å²) in [6.45, 7) is 0.710. The van der Waals surface area contributed by atoms with Crippen molar-refractivity contribution in [3.63, 3.8) is 0 Å². The molecule has 4 rings (SSSR count). The molecule has 0 amide bonds. The van der Waals surface area contributed by atoms with Crippen LogP contribution in [0.1, 0.15) is 40.5 Å². The van der Waals surface area contributed by atoms with Gasteiger partial charge in [-0.2, -0.15) is 0 Å². The van der Waals surface area contributed by atoms with Crippen molar-refractivity contribution >= 4 is 5.97 Å². The standard InChI is InChI=1S/C14H13N3O4/c18-14(19)12-13(9-2-3-9)17(16-15-12)6-8-1-4-10-11(5-8)21-7-20-10/h1,4-5,9H,2-3,6-7H2,(H,18,19). The van der Waals surface area contributed by atoms with Gasteiger partial charge in [0, 0.05) is 5.92 Å². The molecule has 2 heterocycles. The molecule has 0 saturated heterocycles. The van der Waals surface area contributed by atoms with Crippen molar-refractivity contribution in [2.75, 3.05) is 6.79 Å². The number of fused-ring (bicyclic) bond motifs is 1. The summed E-state index contributed by atoms with van der Waals surface area (Å²) in [4.78, 5) is 11.2. The zero-order valence-electron chi connectivity index (χ0n) is 11.2. The molecule has 0 unspecified atom stereocenters. The Hall–Kier alpha value is -2.57. The van der Waals surface area contributed by atoms with Gasteiger partial charge < -0.3 is 14.6 Å². The van der Waals surface area contributed by atoms with E-state index in [-0.39, 0.29) is 18.4 Å².